The molecule has 0 aromatic heterocycles. The molecular weight excluding hydrogens is 321 g/mol. The Morgan fingerprint density at radius 1 is 1.24 bits per heavy atom. The van der Waals surface area contributed by atoms with Gasteiger partial charge in [0.25, 0.3) is 0 Å². The zero-order valence-electron chi connectivity index (χ0n) is 16.8. The number of carbonyl (C=O) groups excluding carboxylic acids is 1. The van der Waals surface area contributed by atoms with Gasteiger partial charge in [0.15, 0.2) is 0 Å². The number of nitrogens with zero attached hydrogens (tertiary/aromatic N) is 2. The largest absolute Gasteiger partial charge is 0.444 e. The van der Waals surface area contributed by atoms with Gasteiger partial charge in [-0.15, -0.1) is 0 Å². The molecule has 7 nitrogen and oxygen atoms in total. The quantitative estimate of drug-likeness (QED) is 0.513. The van der Waals surface area contributed by atoms with E-state index in [0.717, 1.165) is 0 Å². The maximum atomic E-state index is 11.8. The van der Waals surface area contributed by atoms with Crippen LogP contribution in [0.3, 0.4) is 0 Å². The fourth-order valence-corrected chi connectivity index (χ4v) is 1.28. The minimum absolute atomic E-state index is 0.390. The highest BCUT2D eigenvalue weighted by atomic mass is 16.6. The van der Waals surface area contributed by atoms with E-state index in [9.17, 15) is 9.90 Å². The number of hydrogen-bond acceptors (Lipinski definition) is 6. The molecule has 0 aliphatic heterocycles. The molecule has 0 aliphatic rings. The molecule has 0 bridgehead atoms. The standard InChI is InChI=1S/C17H33BN3O4/c1-15(2,3)24-14(22)21(8)10-9-20-12-13(11-19)18-25-17(6,7)16(4,5)23/h11-12,23H,9-10,19H2,1-8H3. The van der Waals surface area contributed by atoms with Crippen molar-refractivity contribution in [3.05, 3.63) is 11.7 Å². The van der Waals surface area contributed by atoms with E-state index in [1.807, 2.05) is 20.8 Å². The summed E-state index contributed by atoms with van der Waals surface area (Å²) in [7, 11) is 3.11. The topological polar surface area (TPSA) is 97.4 Å². The van der Waals surface area contributed by atoms with E-state index in [1.165, 1.54) is 18.6 Å². The van der Waals surface area contributed by atoms with E-state index >= 15 is 0 Å². The molecule has 25 heavy (non-hydrogen) atoms. The van der Waals surface area contributed by atoms with Gasteiger partial charge in [0, 0.05) is 19.8 Å². The lowest BCUT2D eigenvalue weighted by Gasteiger charge is -2.37. The van der Waals surface area contributed by atoms with Gasteiger partial charge in [-0.05, 0) is 60.1 Å². The molecular formula is C17H33BN3O4. The number of nitrogens with two attached hydrogens (primary N) is 1. The van der Waals surface area contributed by atoms with Crippen LogP contribution in [0.2, 0.25) is 0 Å². The number of aliphatic imine (C=N–C) groups is 1. The number of hydrogen-bond donors (Lipinski definition) is 2. The number of allylic oxidation sites excluding steroid dienone is 1. The van der Waals surface area contributed by atoms with Gasteiger partial charge in [0.05, 0.1) is 17.7 Å². The molecule has 143 valence electrons. The van der Waals surface area contributed by atoms with Crippen LogP contribution in [0.4, 0.5) is 4.79 Å². The number of aliphatic hydroxyl groups is 1. The first-order valence-electron chi connectivity index (χ1n) is 8.29. The van der Waals surface area contributed by atoms with E-state index in [1.54, 1.807) is 41.0 Å². The van der Waals surface area contributed by atoms with Gasteiger partial charge in [-0.25, -0.2) is 4.79 Å². The number of ether oxygens (including phenoxy) is 1. The fraction of sp³-hybridized carbons (Fsp3) is 0.765. The highest BCUT2D eigenvalue weighted by Crippen LogP contribution is 2.24. The van der Waals surface area contributed by atoms with E-state index in [2.05, 4.69) is 4.99 Å². The lowest BCUT2D eigenvalue weighted by molar-refractivity contribution is -0.0895. The minimum atomic E-state index is -1.02. The molecule has 0 atom stereocenters. The molecule has 0 spiro atoms. The van der Waals surface area contributed by atoms with E-state index in [0.29, 0.717) is 18.6 Å². The van der Waals surface area contributed by atoms with Crippen LogP contribution < -0.4 is 5.73 Å². The van der Waals surface area contributed by atoms with Gasteiger partial charge in [-0.2, -0.15) is 0 Å². The summed E-state index contributed by atoms with van der Waals surface area (Å²) in [5.41, 5.74) is 3.80. The summed E-state index contributed by atoms with van der Waals surface area (Å²) in [4.78, 5) is 17.5. The van der Waals surface area contributed by atoms with Crippen molar-refractivity contribution in [2.45, 2.75) is 65.3 Å². The maximum Gasteiger partial charge on any atom is 0.410 e. The lowest BCUT2D eigenvalue weighted by Crippen LogP contribution is -2.48. The van der Waals surface area contributed by atoms with Crippen molar-refractivity contribution in [2.24, 2.45) is 10.7 Å². The number of rotatable bonds is 8. The summed E-state index contributed by atoms with van der Waals surface area (Å²) < 4.78 is 10.9. The van der Waals surface area contributed by atoms with E-state index < -0.39 is 16.8 Å². The second-order valence-electron chi connectivity index (χ2n) is 7.91. The monoisotopic (exact) mass is 354 g/mol. The van der Waals surface area contributed by atoms with Crippen molar-refractivity contribution in [1.29, 1.82) is 0 Å². The SMILES string of the molecule is CN(CCN=CC([B]OC(C)(C)C(C)(C)O)=CN)C(=O)OC(C)(C)C. The predicted octanol–water partition coefficient (Wildman–Crippen LogP) is 1.91. The number of likely N-dealkylation sites (N-methyl/N-ethyl adjacent to an activating group) is 1. The minimum Gasteiger partial charge on any atom is -0.444 e. The summed E-state index contributed by atoms with van der Waals surface area (Å²) in [5, 5.41) is 10.1. The Balaban J connectivity index is 4.41. The molecule has 3 N–H and O–H groups in total. The number of amides is 1. The van der Waals surface area contributed by atoms with Crippen LogP contribution in [0.1, 0.15) is 48.5 Å². The van der Waals surface area contributed by atoms with E-state index in [4.69, 9.17) is 15.1 Å². The lowest BCUT2D eigenvalue weighted by atomic mass is 9.83. The van der Waals surface area contributed by atoms with Gasteiger partial charge in [0.1, 0.15) is 5.60 Å². The molecule has 0 heterocycles. The first-order chi connectivity index (χ1) is 11.2. The van der Waals surface area contributed by atoms with Crippen molar-refractivity contribution in [3.8, 4) is 0 Å². The van der Waals surface area contributed by atoms with Gasteiger partial charge in [-0.3, -0.25) is 4.99 Å². The Labute approximate surface area is 152 Å². The average molecular weight is 354 g/mol. The Morgan fingerprint density at radius 3 is 2.24 bits per heavy atom. The van der Waals surface area contributed by atoms with Crippen LogP contribution >= 0.6 is 0 Å². The molecule has 0 aromatic rings. The van der Waals surface area contributed by atoms with Crippen LogP contribution in [-0.4, -0.2) is 66.7 Å². The molecule has 0 unspecified atom stereocenters. The normalized spacial score (nSPS) is 13.9. The molecule has 1 amide bonds. The smallest absolute Gasteiger partial charge is 0.410 e. The molecule has 0 saturated carbocycles. The zero-order chi connectivity index (χ0) is 19.9. The zero-order valence-corrected chi connectivity index (χ0v) is 16.8. The van der Waals surface area contributed by atoms with E-state index in [-0.39, 0.29) is 6.09 Å². The third kappa shape index (κ3) is 9.50. The summed E-state index contributed by atoms with van der Waals surface area (Å²) in [6, 6.07) is 0. The van der Waals surface area contributed by atoms with Crippen molar-refractivity contribution < 1.29 is 19.3 Å². The summed E-state index contributed by atoms with van der Waals surface area (Å²) in [5.74, 6) is 0. The average Bonchev–Trinajstić information content (AvgIpc) is 2.43. The molecule has 1 radical (unpaired) electrons. The number of carbonyl (C=O) groups is 1. The Kier molecular flexibility index (Phi) is 8.67. The van der Waals surface area contributed by atoms with Crippen LogP contribution in [0, 0.1) is 0 Å². The molecule has 0 fully saturated rings. The Hall–Kier alpha value is -1.54. The molecule has 0 aliphatic carbocycles. The van der Waals surface area contributed by atoms with Crippen LogP contribution in [0.15, 0.2) is 16.7 Å². The van der Waals surface area contributed by atoms with Gasteiger partial charge in [0.2, 0.25) is 0 Å². The van der Waals surface area contributed by atoms with Crippen molar-refractivity contribution in [1.82, 2.24) is 4.90 Å². The van der Waals surface area contributed by atoms with Crippen LogP contribution in [0.5, 0.6) is 0 Å². The predicted molar refractivity (Wildman–Crippen MR) is 102 cm³/mol. The third-order valence-corrected chi connectivity index (χ3v) is 3.67. The third-order valence-electron chi connectivity index (χ3n) is 3.67. The molecule has 0 aromatic carbocycles. The first-order valence-corrected chi connectivity index (χ1v) is 8.29. The van der Waals surface area contributed by atoms with Crippen molar-refractivity contribution in [2.75, 3.05) is 20.1 Å². The van der Waals surface area contributed by atoms with Crippen molar-refractivity contribution in [3.63, 3.8) is 0 Å². The molecule has 0 rings (SSSR count). The van der Waals surface area contributed by atoms with Crippen molar-refractivity contribution >= 4 is 19.8 Å². The second kappa shape index (κ2) is 9.24. The fourth-order valence-electron chi connectivity index (χ4n) is 1.28. The Morgan fingerprint density at radius 2 is 1.80 bits per heavy atom. The summed E-state index contributed by atoms with van der Waals surface area (Å²) in [6.45, 7) is 13.2. The van der Waals surface area contributed by atoms with Gasteiger partial charge in [-0.1, -0.05) is 0 Å². The van der Waals surface area contributed by atoms with Gasteiger partial charge >= 0.3 is 13.6 Å². The molecule has 8 heteroatoms. The first kappa shape index (κ1) is 23.5. The molecule has 0 saturated heterocycles. The van der Waals surface area contributed by atoms with Crippen LogP contribution in [-0.2, 0) is 9.39 Å². The van der Waals surface area contributed by atoms with Gasteiger partial charge < -0.3 is 25.1 Å². The summed E-state index contributed by atoms with van der Waals surface area (Å²) >= 11 is 0. The van der Waals surface area contributed by atoms with Crippen LogP contribution in [0.25, 0.3) is 0 Å². The second-order valence-corrected chi connectivity index (χ2v) is 7.91. The highest BCUT2D eigenvalue weighted by Gasteiger charge is 2.35. The summed E-state index contributed by atoms with van der Waals surface area (Å²) in [6.07, 6.45) is 2.53. The highest BCUT2D eigenvalue weighted by molar-refractivity contribution is 6.46. The Bertz CT molecular complexity index is 491. The maximum absolute atomic E-state index is 11.8.